The summed E-state index contributed by atoms with van der Waals surface area (Å²) in [6.07, 6.45) is 5.06. The van der Waals surface area contributed by atoms with E-state index in [2.05, 4.69) is 35.5 Å². The van der Waals surface area contributed by atoms with Gasteiger partial charge in [0.25, 0.3) is 0 Å². The molecule has 0 aliphatic rings. The van der Waals surface area contributed by atoms with Crippen LogP contribution in [0.1, 0.15) is 13.8 Å². The summed E-state index contributed by atoms with van der Waals surface area (Å²) in [6, 6.07) is 13.6. The van der Waals surface area contributed by atoms with Crippen LogP contribution in [0.25, 0.3) is 55.8 Å². The number of halogens is 2. The molecule has 0 unspecified atom stereocenters. The molecule has 0 aliphatic carbocycles. The Balaban J connectivity index is 1.48. The molecule has 36 heavy (non-hydrogen) atoms. The highest BCUT2D eigenvalue weighted by molar-refractivity contribution is 5.97. The average molecular weight is 482 g/mol. The maximum Gasteiger partial charge on any atom is 0.178 e. The Morgan fingerprint density at radius 1 is 0.944 bits per heavy atom. The van der Waals surface area contributed by atoms with Gasteiger partial charge in [0.15, 0.2) is 17.3 Å². The van der Waals surface area contributed by atoms with E-state index in [1.54, 1.807) is 30.7 Å². The number of imidazole rings is 1. The zero-order valence-corrected chi connectivity index (χ0v) is 19.5. The van der Waals surface area contributed by atoms with Gasteiger partial charge in [-0.05, 0) is 61.4 Å². The van der Waals surface area contributed by atoms with Gasteiger partial charge in [0, 0.05) is 41.1 Å². The molecule has 0 atom stereocenters. The minimum Gasteiger partial charge on any atom is -0.382 e. The van der Waals surface area contributed by atoms with Crippen LogP contribution in [0, 0.1) is 11.6 Å². The average Bonchev–Trinajstić information content (AvgIpc) is 3.48. The molecule has 178 valence electrons. The van der Waals surface area contributed by atoms with Gasteiger partial charge < -0.3 is 10.3 Å². The third-order valence-electron chi connectivity index (χ3n) is 5.90. The van der Waals surface area contributed by atoms with E-state index in [9.17, 15) is 4.39 Å². The van der Waals surface area contributed by atoms with E-state index in [1.807, 2.05) is 32.0 Å². The summed E-state index contributed by atoms with van der Waals surface area (Å²) in [5, 5.41) is 11.0. The van der Waals surface area contributed by atoms with Gasteiger partial charge in [-0.25, -0.2) is 18.7 Å². The zero-order valence-electron chi connectivity index (χ0n) is 19.5. The van der Waals surface area contributed by atoms with Gasteiger partial charge in [0.1, 0.15) is 17.0 Å². The molecule has 0 fully saturated rings. The van der Waals surface area contributed by atoms with E-state index in [0.29, 0.717) is 39.2 Å². The number of aromatic amines is 2. The van der Waals surface area contributed by atoms with Crippen molar-refractivity contribution in [2.24, 2.45) is 0 Å². The predicted molar refractivity (Wildman–Crippen MR) is 136 cm³/mol. The SMILES string of the molecule is CC(C)Nc1cncc(-c2cc(F)c3n[nH]c(-c4nc5nccc(-c6cccc(F)c6)c5[nH]4)c3c2)c1. The van der Waals surface area contributed by atoms with Crippen LogP contribution in [0.4, 0.5) is 14.5 Å². The number of hydrogen-bond donors (Lipinski definition) is 3. The molecule has 4 aromatic heterocycles. The maximum absolute atomic E-state index is 15.1. The zero-order chi connectivity index (χ0) is 24.8. The van der Waals surface area contributed by atoms with Gasteiger partial charge in [-0.15, -0.1) is 0 Å². The van der Waals surface area contributed by atoms with Gasteiger partial charge in [-0.1, -0.05) is 12.1 Å². The van der Waals surface area contributed by atoms with Crippen molar-refractivity contribution in [1.29, 1.82) is 0 Å². The van der Waals surface area contributed by atoms with Crippen LogP contribution in [0.5, 0.6) is 0 Å². The summed E-state index contributed by atoms with van der Waals surface area (Å²) in [5.41, 5.74) is 5.58. The minimum absolute atomic E-state index is 0.205. The molecule has 0 amide bonds. The van der Waals surface area contributed by atoms with E-state index >= 15 is 4.39 Å². The molecule has 3 N–H and O–H groups in total. The lowest BCUT2D eigenvalue weighted by Crippen LogP contribution is -2.09. The van der Waals surface area contributed by atoms with Gasteiger partial charge in [-0.2, -0.15) is 5.10 Å². The molecule has 0 saturated carbocycles. The summed E-state index contributed by atoms with van der Waals surface area (Å²) in [5.74, 6) is -0.336. The Morgan fingerprint density at radius 2 is 1.83 bits per heavy atom. The number of anilines is 1. The molecule has 6 rings (SSSR count). The number of benzene rings is 2. The number of fused-ring (bicyclic) bond motifs is 2. The van der Waals surface area contributed by atoms with Crippen LogP contribution in [-0.2, 0) is 0 Å². The molecule has 7 nitrogen and oxygen atoms in total. The molecule has 0 saturated heterocycles. The lowest BCUT2D eigenvalue weighted by molar-refractivity contribution is 0.628. The summed E-state index contributed by atoms with van der Waals surface area (Å²) in [4.78, 5) is 16.6. The molecular weight excluding hydrogens is 460 g/mol. The molecule has 0 bridgehead atoms. The van der Waals surface area contributed by atoms with Crippen molar-refractivity contribution in [1.82, 2.24) is 30.1 Å². The Kier molecular flexibility index (Phi) is 5.18. The predicted octanol–water partition coefficient (Wildman–Crippen LogP) is 6.33. The van der Waals surface area contributed by atoms with Crippen LogP contribution >= 0.6 is 0 Å². The van der Waals surface area contributed by atoms with Crippen molar-refractivity contribution in [2.45, 2.75) is 19.9 Å². The molecule has 0 radical (unpaired) electrons. The molecule has 0 spiro atoms. The fourth-order valence-electron chi connectivity index (χ4n) is 4.36. The van der Waals surface area contributed by atoms with Crippen LogP contribution in [0.15, 0.2) is 67.1 Å². The molecule has 2 aromatic carbocycles. The number of aromatic nitrogens is 6. The van der Waals surface area contributed by atoms with Crippen molar-refractivity contribution in [3.63, 3.8) is 0 Å². The van der Waals surface area contributed by atoms with E-state index in [0.717, 1.165) is 16.8 Å². The second-order valence-electron chi connectivity index (χ2n) is 8.87. The summed E-state index contributed by atoms with van der Waals surface area (Å²) in [7, 11) is 0. The molecule has 9 heteroatoms. The number of hydrogen-bond acceptors (Lipinski definition) is 5. The fourth-order valence-corrected chi connectivity index (χ4v) is 4.36. The van der Waals surface area contributed by atoms with Gasteiger partial charge >= 0.3 is 0 Å². The lowest BCUT2D eigenvalue weighted by atomic mass is 10.0. The van der Waals surface area contributed by atoms with Crippen LogP contribution in [0.3, 0.4) is 0 Å². The smallest absolute Gasteiger partial charge is 0.178 e. The van der Waals surface area contributed by atoms with Gasteiger partial charge in [0.2, 0.25) is 0 Å². The van der Waals surface area contributed by atoms with Crippen molar-refractivity contribution in [2.75, 3.05) is 5.32 Å². The van der Waals surface area contributed by atoms with Crippen LogP contribution in [-0.4, -0.2) is 36.2 Å². The largest absolute Gasteiger partial charge is 0.382 e. The van der Waals surface area contributed by atoms with Gasteiger partial charge in [-0.3, -0.25) is 10.1 Å². The minimum atomic E-state index is -0.457. The number of rotatable bonds is 5. The molecule has 4 heterocycles. The van der Waals surface area contributed by atoms with Crippen molar-refractivity contribution >= 4 is 27.8 Å². The van der Waals surface area contributed by atoms with Crippen molar-refractivity contribution in [3.8, 4) is 33.8 Å². The Labute approximate surface area is 204 Å². The monoisotopic (exact) mass is 481 g/mol. The number of nitrogens with one attached hydrogen (secondary N) is 3. The van der Waals surface area contributed by atoms with E-state index in [1.165, 1.54) is 18.2 Å². The third-order valence-corrected chi connectivity index (χ3v) is 5.90. The van der Waals surface area contributed by atoms with Crippen molar-refractivity contribution < 1.29 is 8.78 Å². The van der Waals surface area contributed by atoms with Crippen LogP contribution in [0.2, 0.25) is 0 Å². The summed E-state index contributed by atoms with van der Waals surface area (Å²) < 4.78 is 29.0. The highest BCUT2D eigenvalue weighted by atomic mass is 19.1. The van der Waals surface area contributed by atoms with E-state index < -0.39 is 5.82 Å². The normalized spacial score (nSPS) is 11.6. The highest BCUT2D eigenvalue weighted by Crippen LogP contribution is 2.34. The number of H-pyrrole nitrogens is 2. The highest BCUT2D eigenvalue weighted by Gasteiger charge is 2.18. The molecule has 6 aromatic rings. The van der Waals surface area contributed by atoms with Crippen molar-refractivity contribution in [3.05, 3.63) is 78.8 Å². The molecule has 0 aliphatic heterocycles. The lowest BCUT2D eigenvalue weighted by Gasteiger charge is -2.11. The Hall–Kier alpha value is -4.66. The second-order valence-corrected chi connectivity index (χ2v) is 8.87. The first-order valence-electron chi connectivity index (χ1n) is 11.5. The van der Waals surface area contributed by atoms with E-state index in [-0.39, 0.29) is 17.4 Å². The first kappa shape index (κ1) is 21.8. The first-order valence-corrected chi connectivity index (χ1v) is 11.5. The topological polar surface area (TPSA) is 95.2 Å². The fraction of sp³-hybridized carbons (Fsp3) is 0.111. The third kappa shape index (κ3) is 3.84. The summed E-state index contributed by atoms with van der Waals surface area (Å²) in [6.45, 7) is 4.08. The van der Waals surface area contributed by atoms with Crippen LogP contribution < -0.4 is 5.32 Å². The quantitative estimate of drug-likeness (QED) is 0.268. The van der Waals surface area contributed by atoms with Gasteiger partial charge in [0.05, 0.1) is 11.2 Å². The number of nitrogens with zero attached hydrogens (tertiary/aromatic N) is 4. The van der Waals surface area contributed by atoms with E-state index in [4.69, 9.17) is 0 Å². The summed E-state index contributed by atoms with van der Waals surface area (Å²) >= 11 is 0. The maximum atomic E-state index is 15.1. The second kappa shape index (κ2) is 8.53. The Bertz CT molecular complexity index is 1740. The number of pyridine rings is 2. The standard InChI is InChI=1S/C27H21F2N7/c1-14(2)32-19-9-17(12-30-13-19)16-10-21-23(22(29)11-16)35-36-25(21)27-33-24-20(6-7-31-26(24)34-27)15-4-3-5-18(28)8-15/h3-14,32H,1-2H3,(H,35,36)(H,31,33,34). The first-order chi connectivity index (χ1) is 17.5. The Morgan fingerprint density at radius 3 is 2.67 bits per heavy atom. The molecular formula is C27H21F2N7.